The molecule has 0 aliphatic rings. The highest BCUT2D eigenvalue weighted by Gasteiger charge is 2.23. The fraction of sp³-hybridized carbons (Fsp3) is 0.588. The van der Waals surface area contributed by atoms with Crippen LogP contribution in [0.5, 0.6) is 0 Å². The topological polar surface area (TPSA) is 38.3 Å². The summed E-state index contributed by atoms with van der Waals surface area (Å²) in [5.41, 5.74) is 3.12. The molecule has 1 rings (SSSR count). The summed E-state index contributed by atoms with van der Waals surface area (Å²) in [5.74, 6) is 0.294. The Bertz CT molecular complexity index is 498. The molecule has 0 heterocycles. The molecule has 1 aromatic rings. The van der Waals surface area contributed by atoms with Crippen molar-refractivity contribution in [1.82, 2.24) is 0 Å². The van der Waals surface area contributed by atoms with Crippen molar-refractivity contribution in [3.8, 4) is 0 Å². The molecule has 0 saturated carbocycles. The molecule has 1 amide bonds. The lowest BCUT2D eigenvalue weighted by Gasteiger charge is -2.27. The van der Waals surface area contributed by atoms with Crippen LogP contribution in [-0.4, -0.2) is 18.6 Å². The third kappa shape index (κ3) is 5.24. The van der Waals surface area contributed by atoms with Gasteiger partial charge in [-0.3, -0.25) is 5.32 Å². The standard InChI is InChI=1S/C17H26ClNO2/c1-16(2,3)12-7-8-14(13(11-12)17(4,5)6)19-15(20)21-10-9-18/h7-8,11H,9-10H2,1-6H3,(H,19,20). The third-order valence-corrected chi connectivity index (χ3v) is 3.39. The Morgan fingerprint density at radius 2 is 1.76 bits per heavy atom. The first-order valence-corrected chi connectivity index (χ1v) is 7.74. The van der Waals surface area contributed by atoms with Gasteiger partial charge in [-0.1, -0.05) is 53.7 Å². The lowest BCUT2D eigenvalue weighted by atomic mass is 9.80. The largest absolute Gasteiger partial charge is 0.448 e. The molecule has 0 aliphatic heterocycles. The van der Waals surface area contributed by atoms with Crippen LogP contribution in [-0.2, 0) is 15.6 Å². The van der Waals surface area contributed by atoms with E-state index in [4.69, 9.17) is 16.3 Å². The van der Waals surface area contributed by atoms with Gasteiger partial charge >= 0.3 is 6.09 Å². The van der Waals surface area contributed by atoms with E-state index in [2.05, 4.69) is 52.9 Å². The summed E-state index contributed by atoms with van der Waals surface area (Å²) in [6.07, 6.45) is -0.468. The van der Waals surface area contributed by atoms with Gasteiger partial charge in [0.25, 0.3) is 0 Å². The van der Waals surface area contributed by atoms with Gasteiger partial charge in [0.05, 0.1) is 5.88 Å². The summed E-state index contributed by atoms with van der Waals surface area (Å²) < 4.78 is 4.98. The van der Waals surface area contributed by atoms with Crippen LogP contribution in [0.25, 0.3) is 0 Å². The first-order valence-electron chi connectivity index (χ1n) is 7.20. The molecule has 4 heteroatoms. The average molecular weight is 312 g/mol. The number of carbonyl (C=O) groups excluding carboxylic acids is 1. The molecule has 0 atom stereocenters. The van der Waals surface area contributed by atoms with Crippen LogP contribution in [0.2, 0.25) is 0 Å². The Balaban J connectivity index is 3.12. The van der Waals surface area contributed by atoms with Crippen LogP contribution < -0.4 is 5.32 Å². The maximum Gasteiger partial charge on any atom is 0.411 e. The molecule has 0 aromatic heterocycles. The SMILES string of the molecule is CC(C)(C)c1ccc(NC(=O)OCCCl)c(C(C)(C)C)c1. The van der Waals surface area contributed by atoms with Gasteiger partial charge < -0.3 is 4.74 Å². The lowest BCUT2D eigenvalue weighted by molar-refractivity contribution is 0.168. The molecule has 0 spiro atoms. The van der Waals surface area contributed by atoms with Crippen molar-refractivity contribution < 1.29 is 9.53 Å². The summed E-state index contributed by atoms with van der Waals surface area (Å²) >= 11 is 5.52. The van der Waals surface area contributed by atoms with E-state index in [0.29, 0.717) is 5.88 Å². The predicted molar refractivity (Wildman–Crippen MR) is 89.5 cm³/mol. The molecule has 0 fully saturated rings. The van der Waals surface area contributed by atoms with Gasteiger partial charge in [-0.25, -0.2) is 4.79 Å². The molecular formula is C17H26ClNO2. The number of rotatable bonds is 3. The maximum atomic E-state index is 11.7. The Morgan fingerprint density at radius 3 is 2.24 bits per heavy atom. The number of hydrogen-bond donors (Lipinski definition) is 1. The maximum absolute atomic E-state index is 11.7. The van der Waals surface area contributed by atoms with Crippen LogP contribution >= 0.6 is 11.6 Å². The van der Waals surface area contributed by atoms with Crippen molar-refractivity contribution >= 4 is 23.4 Å². The number of benzene rings is 1. The number of amides is 1. The van der Waals surface area contributed by atoms with Crippen molar-refractivity contribution in [2.45, 2.75) is 52.4 Å². The zero-order chi connectivity index (χ0) is 16.3. The van der Waals surface area contributed by atoms with E-state index in [1.165, 1.54) is 5.56 Å². The molecular weight excluding hydrogens is 286 g/mol. The molecule has 0 unspecified atom stereocenters. The first kappa shape index (κ1) is 17.8. The fourth-order valence-electron chi connectivity index (χ4n) is 2.02. The second-order valence-corrected chi connectivity index (χ2v) is 7.59. The number of alkyl halides is 1. The van der Waals surface area contributed by atoms with Crippen molar-refractivity contribution in [3.63, 3.8) is 0 Å². The Morgan fingerprint density at radius 1 is 1.14 bits per heavy atom. The van der Waals surface area contributed by atoms with Crippen LogP contribution in [0, 0.1) is 0 Å². The first-order chi connectivity index (χ1) is 9.55. The summed E-state index contributed by atoms with van der Waals surface area (Å²) in [4.78, 5) is 11.7. The van der Waals surface area contributed by atoms with Crippen molar-refractivity contribution in [1.29, 1.82) is 0 Å². The van der Waals surface area contributed by atoms with Crippen molar-refractivity contribution in [3.05, 3.63) is 29.3 Å². The number of hydrogen-bond acceptors (Lipinski definition) is 2. The quantitative estimate of drug-likeness (QED) is 0.791. The smallest absolute Gasteiger partial charge is 0.411 e. The van der Waals surface area contributed by atoms with Crippen LogP contribution in [0.15, 0.2) is 18.2 Å². The van der Waals surface area contributed by atoms with E-state index in [9.17, 15) is 4.79 Å². The summed E-state index contributed by atoms with van der Waals surface area (Å²) in [5, 5.41) is 2.81. The summed E-state index contributed by atoms with van der Waals surface area (Å²) in [6.45, 7) is 13.1. The van der Waals surface area contributed by atoms with Crippen molar-refractivity contribution in [2.75, 3.05) is 17.8 Å². The molecule has 1 aromatic carbocycles. The summed E-state index contributed by atoms with van der Waals surface area (Å²) in [7, 11) is 0. The van der Waals surface area contributed by atoms with Gasteiger partial charge in [-0.2, -0.15) is 0 Å². The van der Waals surface area contributed by atoms with Gasteiger partial charge in [0.2, 0.25) is 0 Å². The zero-order valence-corrected chi connectivity index (χ0v) is 14.6. The number of halogens is 1. The van der Waals surface area contributed by atoms with E-state index in [1.54, 1.807) is 0 Å². The van der Waals surface area contributed by atoms with Gasteiger partial charge in [0.1, 0.15) is 6.61 Å². The minimum absolute atomic E-state index is 0.0671. The molecule has 0 bridgehead atoms. The number of ether oxygens (including phenoxy) is 1. The van der Waals surface area contributed by atoms with E-state index < -0.39 is 6.09 Å². The molecule has 1 N–H and O–H groups in total. The van der Waals surface area contributed by atoms with Crippen LogP contribution in [0.1, 0.15) is 52.7 Å². The molecule has 3 nitrogen and oxygen atoms in total. The highest BCUT2D eigenvalue weighted by Crippen LogP contribution is 2.34. The Hall–Kier alpha value is -1.22. The Kier molecular flexibility index (Phi) is 5.68. The summed E-state index contributed by atoms with van der Waals surface area (Å²) in [6, 6.07) is 6.16. The highest BCUT2D eigenvalue weighted by atomic mass is 35.5. The lowest BCUT2D eigenvalue weighted by Crippen LogP contribution is -2.21. The molecule has 118 valence electrons. The van der Waals surface area contributed by atoms with Crippen LogP contribution in [0.4, 0.5) is 10.5 Å². The van der Waals surface area contributed by atoms with E-state index in [1.807, 2.05) is 12.1 Å². The second-order valence-electron chi connectivity index (χ2n) is 7.21. The van der Waals surface area contributed by atoms with Crippen LogP contribution in [0.3, 0.4) is 0 Å². The zero-order valence-electron chi connectivity index (χ0n) is 13.8. The third-order valence-electron chi connectivity index (χ3n) is 3.24. The van der Waals surface area contributed by atoms with Gasteiger partial charge in [-0.15, -0.1) is 11.6 Å². The molecule has 0 saturated heterocycles. The van der Waals surface area contributed by atoms with Gasteiger partial charge in [-0.05, 0) is 28.0 Å². The minimum Gasteiger partial charge on any atom is -0.448 e. The number of carbonyl (C=O) groups is 1. The number of anilines is 1. The highest BCUT2D eigenvalue weighted by molar-refractivity contribution is 6.18. The van der Waals surface area contributed by atoms with Gasteiger partial charge in [0.15, 0.2) is 0 Å². The predicted octanol–water partition coefficient (Wildman–Crippen LogP) is 5.07. The van der Waals surface area contributed by atoms with Gasteiger partial charge in [0, 0.05) is 5.69 Å². The minimum atomic E-state index is -0.468. The van der Waals surface area contributed by atoms with E-state index in [-0.39, 0.29) is 17.4 Å². The van der Waals surface area contributed by atoms with E-state index in [0.717, 1.165) is 11.3 Å². The Labute approximate surface area is 133 Å². The molecule has 0 radical (unpaired) electrons. The monoisotopic (exact) mass is 311 g/mol. The molecule has 0 aliphatic carbocycles. The normalized spacial score (nSPS) is 12.1. The fourth-order valence-corrected chi connectivity index (χ4v) is 2.09. The van der Waals surface area contributed by atoms with E-state index >= 15 is 0 Å². The number of nitrogens with one attached hydrogen (secondary N) is 1. The molecule has 21 heavy (non-hydrogen) atoms. The average Bonchev–Trinajstić information content (AvgIpc) is 2.34. The van der Waals surface area contributed by atoms with Crippen molar-refractivity contribution in [2.24, 2.45) is 0 Å². The second kappa shape index (κ2) is 6.69.